The van der Waals surface area contributed by atoms with Gasteiger partial charge in [-0.2, -0.15) is 0 Å². The number of rotatable bonds is 2. The van der Waals surface area contributed by atoms with Crippen molar-refractivity contribution in [3.8, 4) is 0 Å². The summed E-state index contributed by atoms with van der Waals surface area (Å²) in [4.78, 5) is 38.0. The smallest absolute Gasteiger partial charge is 0.331 e. The first-order valence-electron chi connectivity index (χ1n) is 7.00. The third-order valence-electron chi connectivity index (χ3n) is 4.60. The minimum absolute atomic E-state index is 0.407. The van der Waals surface area contributed by atoms with E-state index < -0.39 is 29.3 Å². The van der Waals surface area contributed by atoms with Gasteiger partial charge in [-0.3, -0.25) is 19.8 Å². The van der Waals surface area contributed by atoms with E-state index in [2.05, 4.69) is 10.5 Å². The zero-order valence-corrected chi connectivity index (χ0v) is 12.2. The second kappa shape index (κ2) is 4.41. The van der Waals surface area contributed by atoms with Gasteiger partial charge in [-0.05, 0) is 33.6 Å². The van der Waals surface area contributed by atoms with E-state index in [1.807, 2.05) is 0 Å². The Morgan fingerprint density at radius 2 is 1.95 bits per heavy atom. The highest BCUT2D eigenvalue weighted by Crippen LogP contribution is 2.46. The van der Waals surface area contributed by atoms with Crippen LogP contribution in [0.2, 0.25) is 0 Å². The number of hydrogen-bond donors (Lipinski definition) is 1. The molecule has 112 valence electrons. The van der Waals surface area contributed by atoms with Crippen molar-refractivity contribution in [3.05, 3.63) is 17.0 Å². The SMILES string of the molecule is Cc1noc(C)c1C(C)N1C(=O)NC(=O)C2(CCC2)C1=O. The maximum Gasteiger partial charge on any atom is 0.331 e. The van der Waals surface area contributed by atoms with Gasteiger partial charge in [0.05, 0.1) is 11.7 Å². The van der Waals surface area contributed by atoms with Crippen LogP contribution in [0.15, 0.2) is 4.52 Å². The summed E-state index contributed by atoms with van der Waals surface area (Å²) in [7, 11) is 0. The average molecular weight is 291 g/mol. The van der Waals surface area contributed by atoms with Crippen LogP contribution in [0.1, 0.15) is 49.2 Å². The Balaban J connectivity index is 1.99. The largest absolute Gasteiger partial charge is 0.361 e. The average Bonchev–Trinajstić information content (AvgIpc) is 2.66. The zero-order chi connectivity index (χ0) is 15.4. The van der Waals surface area contributed by atoms with Crippen LogP contribution >= 0.6 is 0 Å². The maximum absolute atomic E-state index is 12.7. The summed E-state index contributed by atoms with van der Waals surface area (Å²) in [5.41, 5.74) is 0.295. The van der Waals surface area contributed by atoms with Crippen LogP contribution in [0, 0.1) is 19.3 Å². The van der Waals surface area contributed by atoms with Crippen LogP contribution in [0.25, 0.3) is 0 Å². The van der Waals surface area contributed by atoms with E-state index in [1.165, 1.54) is 0 Å². The van der Waals surface area contributed by atoms with Gasteiger partial charge in [0, 0.05) is 5.56 Å². The number of imide groups is 2. The first kappa shape index (κ1) is 13.8. The summed E-state index contributed by atoms with van der Waals surface area (Å²) >= 11 is 0. The second-order valence-corrected chi connectivity index (χ2v) is 5.78. The Labute approximate surface area is 121 Å². The Morgan fingerprint density at radius 3 is 2.43 bits per heavy atom. The van der Waals surface area contributed by atoms with Crippen molar-refractivity contribution in [1.29, 1.82) is 0 Å². The van der Waals surface area contributed by atoms with E-state index in [-0.39, 0.29) is 0 Å². The molecule has 2 fully saturated rings. The zero-order valence-electron chi connectivity index (χ0n) is 12.2. The molecule has 1 atom stereocenters. The highest BCUT2D eigenvalue weighted by molar-refractivity contribution is 6.19. The van der Waals surface area contributed by atoms with Crippen molar-refractivity contribution in [2.75, 3.05) is 0 Å². The monoisotopic (exact) mass is 291 g/mol. The fraction of sp³-hybridized carbons (Fsp3) is 0.571. The summed E-state index contributed by atoms with van der Waals surface area (Å²) in [5, 5.41) is 6.17. The summed E-state index contributed by atoms with van der Waals surface area (Å²) in [6.45, 7) is 5.24. The van der Waals surface area contributed by atoms with Gasteiger partial charge in [-0.15, -0.1) is 0 Å². The molecular formula is C14H17N3O4. The molecule has 0 radical (unpaired) electrons. The molecule has 0 bridgehead atoms. The Hall–Kier alpha value is -2.18. The molecule has 1 aromatic rings. The molecule has 3 rings (SSSR count). The normalized spacial score (nSPS) is 22.2. The van der Waals surface area contributed by atoms with Gasteiger partial charge in [0.1, 0.15) is 11.2 Å². The van der Waals surface area contributed by atoms with Gasteiger partial charge >= 0.3 is 6.03 Å². The summed E-state index contributed by atoms with van der Waals surface area (Å²) in [6, 6.07) is -1.19. The Bertz CT molecular complexity index is 625. The highest BCUT2D eigenvalue weighted by Gasteiger charge is 2.58. The van der Waals surface area contributed by atoms with Crippen molar-refractivity contribution in [1.82, 2.24) is 15.4 Å². The molecule has 1 N–H and O–H groups in total. The third-order valence-corrected chi connectivity index (χ3v) is 4.60. The molecular weight excluding hydrogens is 274 g/mol. The lowest BCUT2D eigenvalue weighted by Gasteiger charge is -2.46. The van der Waals surface area contributed by atoms with Crippen molar-refractivity contribution in [2.24, 2.45) is 5.41 Å². The molecule has 1 aliphatic heterocycles. The van der Waals surface area contributed by atoms with E-state index in [9.17, 15) is 14.4 Å². The minimum atomic E-state index is -1.05. The predicted molar refractivity (Wildman–Crippen MR) is 71.1 cm³/mol. The number of hydrogen-bond acceptors (Lipinski definition) is 5. The molecule has 1 spiro atoms. The lowest BCUT2D eigenvalue weighted by molar-refractivity contribution is -0.159. The fourth-order valence-electron chi connectivity index (χ4n) is 3.24. The molecule has 21 heavy (non-hydrogen) atoms. The van der Waals surface area contributed by atoms with Crippen LogP contribution in [-0.2, 0) is 9.59 Å². The molecule has 2 aliphatic rings. The molecule has 1 aromatic heterocycles. The number of amides is 4. The Kier molecular flexibility index (Phi) is 2.89. The molecule has 7 heteroatoms. The molecule has 1 saturated heterocycles. The van der Waals surface area contributed by atoms with Gasteiger partial charge in [-0.1, -0.05) is 11.6 Å². The number of carbonyl (C=O) groups excluding carboxylic acids is 3. The van der Waals surface area contributed by atoms with Crippen LogP contribution < -0.4 is 5.32 Å². The molecule has 0 aromatic carbocycles. The lowest BCUT2D eigenvalue weighted by atomic mass is 9.66. The van der Waals surface area contributed by atoms with Gasteiger partial charge in [0.25, 0.3) is 0 Å². The quantitative estimate of drug-likeness (QED) is 0.835. The van der Waals surface area contributed by atoms with Crippen LogP contribution in [0.4, 0.5) is 4.79 Å². The molecule has 2 heterocycles. The molecule has 1 saturated carbocycles. The van der Waals surface area contributed by atoms with Crippen molar-refractivity contribution in [3.63, 3.8) is 0 Å². The van der Waals surface area contributed by atoms with Gasteiger partial charge in [-0.25, -0.2) is 4.79 Å². The number of urea groups is 1. The van der Waals surface area contributed by atoms with E-state index in [0.717, 1.165) is 11.3 Å². The van der Waals surface area contributed by atoms with E-state index in [4.69, 9.17) is 4.52 Å². The number of nitrogens with zero attached hydrogens (tertiary/aromatic N) is 2. The highest BCUT2D eigenvalue weighted by atomic mass is 16.5. The maximum atomic E-state index is 12.7. The molecule has 7 nitrogen and oxygen atoms in total. The summed E-state index contributed by atoms with van der Waals surface area (Å²) in [5.74, 6) is -0.305. The predicted octanol–water partition coefficient (Wildman–Crippen LogP) is 1.60. The third kappa shape index (κ3) is 1.73. The van der Waals surface area contributed by atoms with Gasteiger partial charge in [0.2, 0.25) is 11.8 Å². The van der Waals surface area contributed by atoms with Gasteiger partial charge in [0.15, 0.2) is 0 Å². The van der Waals surface area contributed by atoms with Crippen LogP contribution in [-0.4, -0.2) is 27.9 Å². The van der Waals surface area contributed by atoms with E-state index in [1.54, 1.807) is 20.8 Å². The van der Waals surface area contributed by atoms with Gasteiger partial charge < -0.3 is 4.52 Å². The standard InChI is InChI=1S/C14H17N3O4/c1-7-10(9(3)21-16-7)8(2)17-12(19)14(5-4-6-14)11(18)15-13(17)20/h8H,4-6H2,1-3H3,(H,15,18,20). The number of aromatic nitrogens is 1. The number of aryl methyl sites for hydroxylation is 2. The van der Waals surface area contributed by atoms with Crippen molar-refractivity contribution in [2.45, 2.75) is 46.1 Å². The van der Waals surface area contributed by atoms with Crippen molar-refractivity contribution < 1.29 is 18.9 Å². The number of barbiturate groups is 1. The minimum Gasteiger partial charge on any atom is -0.361 e. The number of nitrogens with one attached hydrogen (secondary N) is 1. The molecule has 4 amide bonds. The lowest BCUT2D eigenvalue weighted by Crippen LogP contribution is -2.66. The summed E-state index contributed by atoms with van der Waals surface area (Å²) < 4.78 is 5.10. The molecule has 1 aliphatic carbocycles. The van der Waals surface area contributed by atoms with Crippen molar-refractivity contribution >= 4 is 17.8 Å². The topological polar surface area (TPSA) is 92.5 Å². The Morgan fingerprint density at radius 1 is 1.29 bits per heavy atom. The molecule has 1 unspecified atom stereocenters. The second-order valence-electron chi connectivity index (χ2n) is 5.78. The van der Waals surface area contributed by atoms with E-state index in [0.29, 0.717) is 29.9 Å². The number of carbonyl (C=O) groups is 3. The first-order valence-corrected chi connectivity index (χ1v) is 7.00. The first-order chi connectivity index (χ1) is 9.88. The van der Waals surface area contributed by atoms with E-state index >= 15 is 0 Å². The summed E-state index contributed by atoms with van der Waals surface area (Å²) in [6.07, 6.45) is 1.81. The fourth-order valence-corrected chi connectivity index (χ4v) is 3.24. The van der Waals surface area contributed by atoms with Crippen LogP contribution in [0.3, 0.4) is 0 Å². The van der Waals surface area contributed by atoms with Crippen LogP contribution in [0.5, 0.6) is 0 Å².